The van der Waals surface area contributed by atoms with Gasteiger partial charge in [0.1, 0.15) is 0 Å². The predicted octanol–water partition coefficient (Wildman–Crippen LogP) is 2.37. The van der Waals surface area contributed by atoms with Crippen LogP contribution >= 0.6 is 0 Å². The number of aromatic amines is 1. The molecule has 0 bridgehead atoms. The van der Waals surface area contributed by atoms with Gasteiger partial charge >= 0.3 is 0 Å². The second kappa shape index (κ2) is 6.02. The van der Waals surface area contributed by atoms with E-state index >= 15 is 0 Å². The fourth-order valence-electron chi connectivity index (χ4n) is 2.83. The van der Waals surface area contributed by atoms with Crippen molar-refractivity contribution in [3.63, 3.8) is 0 Å². The molecule has 0 aliphatic carbocycles. The number of amides is 1. The molecule has 0 saturated heterocycles. The minimum Gasteiger partial charge on any atom is -0.369 e. The van der Waals surface area contributed by atoms with Gasteiger partial charge in [-0.3, -0.25) is 14.8 Å². The summed E-state index contributed by atoms with van der Waals surface area (Å²) in [6.07, 6.45) is 2.43. The summed E-state index contributed by atoms with van der Waals surface area (Å²) in [5.74, 6) is 0.917. The molecule has 1 aromatic carbocycles. The molecule has 1 amide bonds. The van der Waals surface area contributed by atoms with Crippen molar-refractivity contribution in [3.8, 4) is 0 Å². The molecule has 6 heteroatoms. The lowest BCUT2D eigenvalue weighted by Gasteiger charge is -2.25. The van der Waals surface area contributed by atoms with Gasteiger partial charge in [-0.15, -0.1) is 0 Å². The average molecular weight is 313 g/mol. The number of carbonyl (C=O) groups is 1. The van der Waals surface area contributed by atoms with E-state index in [0.717, 1.165) is 35.0 Å². The van der Waals surface area contributed by atoms with Crippen LogP contribution in [-0.2, 0) is 11.2 Å². The van der Waals surface area contributed by atoms with Crippen molar-refractivity contribution in [2.24, 2.45) is 16.6 Å². The van der Waals surface area contributed by atoms with Gasteiger partial charge in [0, 0.05) is 18.1 Å². The molecule has 3 N–H and O–H groups in total. The highest BCUT2D eigenvalue weighted by Crippen LogP contribution is 2.29. The number of aliphatic imine (C=N–C) groups is 1. The zero-order chi connectivity index (χ0) is 16.6. The minimum atomic E-state index is -0.212. The van der Waals surface area contributed by atoms with E-state index in [-0.39, 0.29) is 17.9 Å². The third-order valence-corrected chi connectivity index (χ3v) is 4.39. The highest BCUT2D eigenvalue weighted by Gasteiger charge is 2.26. The number of nitrogens with zero attached hydrogens (tertiary/aromatic N) is 3. The Balaban J connectivity index is 1.93. The minimum absolute atomic E-state index is 0.00479. The number of H-pyrrole nitrogens is 1. The normalized spacial score (nSPS) is 18.8. The molecule has 0 fully saturated rings. The summed E-state index contributed by atoms with van der Waals surface area (Å²) in [7, 11) is 1.65. The van der Waals surface area contributed by atoms with E-state index < -0.39 is 0 Å². The van der Waals surface area contributed by atoms with E-state index in [1.807, 2.05) is 12.1 Å². The molecular weight excluding hydrogens is 290 g/mol. The zero-order valence-electron chi connectivity index (χ0n) is 13.8. The van der Waals surface area contributed by atoms with Gasteiger partial charge in [-0.2, -0.15) is 5.10 Å². The Labute approximate surface area is 135 Å². The van der Waals surface area contributed by atoms with Crippen LogP contribution in [0, 0.1) is 5.92 Å². The first kappa shape index (κ1) is 15.5. The number of carbonyl (C=O) groups excluding carboxylic acids is 1. The molecule has 0 radical (unpaired) electrons. The second-order valence-electron chi connectivity index (χ2n) is 6.57. The first-order valence-corrected chi connectivity index (χ1v) is 8.02. The van der Waals surface area contributed by atoms with Crippen LogP contribution in [0.5, 0.6) is 0 Å². The third kappa shape index (κ3) is 3.06. The number of fused-ring (bicyclic) bond motifs is 1. The average Bonchev–Trinajstić information content (AvgIpc) is 2.92. The van der Waals surface area contributed by atoms with E-state index in [1.165, 1.54) is 4.90 Å². The molecule has 1 atom stereocenters. The van der Waals surface area contributed by atoms with Gasteiger partial charge in [-0.25, -0.2) is 4.99 Å². The molecule has 122 valence electrons. The topological polar surface area (TPSA) is 87.4 Å². The second-order valence-corrected chi connectivity index (χ2v) is 6.57. The van der Waals surface area contributed by atoms with Gasteiger partial charge < -0.3 is 5.73 Å². The van der Waals surface area contributed by atoms with E-state index in [1.54, 1.807) is 7.05 Å². The number of benzene rings is 1. The van der Waals surface area contributed by atoms with E-state index in [0.29, 0.717) is 12.3 Å². The molecule has 0 unspecified atom stereocenters. The predicted molar refractivity (Wildman–Crippen MR) is 91.0 cm³/mol. The van der Waals surface area contributed by atoms with Crippen LogP contribution in [0.15, 0.2) is 23.2 Å². The molecule has 6 nitrogen and oxygen atoms in total. The molecule has 1 aromatic heterocycles. The van der Waals surface area contributed by atoms with Crippen molar-refractivity contribution >= 4 is 22.8 Å². The summed E-state index contributed by atoms with van der Waals surface area (Å²) < 4.78 is 0. The third-order valence-electron chi connectivity index (χ3n) is 4.39. The summed E-state index contributed by atoms with van der Waals surface area (Å²) in [6.45, 7) is 4.43. The van der Waals surface area contributed by atoms with Gasteiger partial charge in [-0.1, -0.05) is 19.9 Å². The summed E-state index contributed by atoms with van der Waals surface area (Å²) >= 11 is 0. The number of aryl methyl sites for hydroxylation is 1. The van der Waals surface area contributed by atoms with Crippen LogP contribution in [-0.4, -0.2) is 34.0 Å². The van der Waals surface area contributed by atoms with Crippen molar-refractivity contribution < 1.29 is 4.79 Å². The highest BCUT2D eigenvalue weighted by molar-refractivity contribution is 5.98. The molecule has 0 spiro atoms. The smallest absolute Gasteiger partial charge is 0.231 e. The lowest BCUT2D eigenvalue weighted by atomic mass is 9.98. The summed E-state index contributed by atoms with van der Waals surface area (Å²) in [6, 6.07) is 5.84. The van der Waals surface area contributed by atoms with Gasteiger partial charge in [0.25, 0.3) is 0 Å². The van der Waals surface area contributed by atoms with Crippen molar-refractivity contribution in [3.05, 3.63) is 29.5 Å². The van der Waals surface area contributed by atoms with Crippen molar-refractivity contribution in [2.75, 3.05) is 7.05 Å². The number of hydrogen-bond acceptors (Lipinski definition) is 4. The molecule has 1 aliphatic rings. The van der Waals surface area contributed by atoms with Gasteiger partial charge in [0.2, 0.25) is 5.91 Å². The number of hydrogen-bond donors (Lipinski definition) is 2. The molecule has 2 heterocycles. The van der Waals surface area contributed by atoms with Crippen LogP contribution in [0.1, 0.15) is 44.0 Å². The molecule has 23 heavy (non-hydrogen) atoms. The monoisotopic (exact) mass is 313 g/mol. The molecule has 1 aliphatic heterocycles. The van der Waals surface area contributed by atoms with Crippen LogP contribution in [0.25, 0.3) is 10.9 Å². The summed E-state index contributed by atoms with van der Waals surface area (Å²) in [5, 5.41) is 8.62. The van der Waals surface area contributed by atoms with Crippen LogP contribution in [0.2, 0.25) is 0 Å². The Kier molecular flexibility index (Phi) is 4.07. The zero-order valence-corrected chi connectivity index (χ0v) is 13.8. The maximum absolute atomic E-state index is 12.0. The van der Waals surface area contributed by atoms with Gasteiger partial charge in [0.05, 0.1) is 18.0 Å². The fraction of sp³-hybridized carbons (Fsp3) is 0.471. The first-order chi connectivity index (χ1) is 11.0. The largest absolute Gasteiger partial charge is 0.369 e. The van der Waals surface area contributed by atoms with Gasteiger partial charge in [-0.05, 0) is 36.5 Å². The maximum Gasteiger partial charge on any atom is 0.231 e. The number of aromatic nitrogens is 2. The Morgan fingerprint density at radius 2 is 2.22 bits per heavy atom. The highest BCUT2D eigenvalue weighted by atomic mass is 16.2. The van der Waals surface area contributed by atoms with Crippen LogP contribution < -0.4 is 5.73 Å². The summed E-state index contributed by atoms with van der Waals surface area (Å²) in [4.78, 5) is 17.8. The van der Waals surface area contributed by atoms with E-state index in [4.69, 9.17) is 5.73 Å². The Hall–Kier alpha value is -2.37. The maximum atomic E-state index is 12.0. The Morgan fingerprint density at radius 3 is 2.91 bits per heavy atom. The molecule has 3 rings (SSSR count). The first-order valence-electron chi connectivity index (χ1n) is 8.02. The molecule has 0 saturated carbocycles. The van der Waals surface area contributed by atoms with Crippen molar-refractivity contribution in [2.45, 2.75) is 39.2 Å². The number of nitrogens with two attached hydrogens (primary N) is 1. The number of nitrogens with one attached hydrogen (secondary N) is 1. The SMILES string of the molecule is CC(C)CCc1[nH]nc2ccc([C@@H]3CC(=O)N(C)C(N)=N3)cc12. The number of guanidine groups is 1. The number of rotatable bonds is 4. The van der Waals surface area contributed by atoms with E-state index in [2.05, 4.69) is 35.1 Å². The van der Waals surface area contributed by atoms with Gasteiger partial charge in [0.15, 0.2) is 5.96 Å². The van der Waals surface area contributed by atoms with Crippen molar-refractivity contribution in [1.29, 1.82) is 0 Å². The Bertz CT molecular complexity index is 761. The summed E-state index contributed by atoms with van der Waals surface area (Å²) in [5.41, 5.74) is 8.94. The standard InChI is InChI=1S/C17H23N5O/c1-10(2)4-6-13-12-8-11(5-7-14(12)21-20-13)15-9-16(23)22(3)17(18)19-15/h5,7-8,10,15H,4,6,9H2,1-3H3,(H2,18,19)(H,20,21)/t15-/m0/s1. The Morgan fingerprint density at radius 1 is 1.43 bits per heavy atom. The van der Waals surface area contributed by atoms with Crippen LogP contribution in [0.3, 0.4) is 0 Å². The fourth-order valence-corrected chi connectivity index (χ4v) is 2.83. The lowest BCUT2D eigenvalue weighted by molar-refractivity contribution is -0.127. The van der Waals surface area contributed by atoms with E-state index in [9.17, 15) is 4.79 Å². The molecular formula is C17H23N5O. The van der Waals surface area contributed by atoms with Crippen molar-refractivity contribution in [1.82, 2.24) is 15.1 Å². The lowest BCUT2D eigenvalue weighted by Crippen LogP contribution is -2.42. The quantitative estimate of drug-likeness (QED) is 0.908. The molecule has 2 aromatic rings. The van der Waals surface area contributed by atoms with Crippen LogP contribution in [0.4, 0.5) is 0 Å².